The highest BCUT2D eigenvalue weighted by Gasteiger charge is 2.47. The predicted octanol–water partition coefficient (Wildman–Crippen LogP) is 5.21. The van der Waals surface area contributed by atoms with Crippen LogP contribution in [0.5, 0.6) is 0 Å². The van der Waals surface area contributed by atoms with E-state index in [4.69, 9.17) is 4.74 Å². The molecule has 1 spiro atoms. The Morgan fingerprint density at radius 1 is 1.17 bits per heavy atom. The van der Waals surface area contributed by atoms with Crippen molar-refractivity contribution >= 4 is 11.8 Å². The van der Waals surface area contributed by atoms with Crippen LogP contribution < -0.4 is 5.32 Å². The highest BCUT2D eigenvalue weighted by Crippen LogP contribution is 2.49. The van der Waals surface area contributed by atoms with Crippen molar-refractivity contribution in [2.24, 2.45) is 11.8 Å². The van der Waals surface area contributed by atoms with Crippen molar-refractivity contribution in [3.63, 3.8) is 0 Å². The summed E-state index contributed by atoms with van der Waals surface area (Å²) < 4.78 is 20.9. The summed E-state index contributed by atoms with van der Waals surface area (Å²) in [4.78, 5) is 25.2. The van der Waals surface area contributed by atoms with Crippen LogP contribution in [-0.2, 0) is 21.6 Å². The number of ketones is 1. The van der Waals surface area contributed by atoms with Gasteiger partial charge in [-0.15, -0.1) is 0 Å². The van der Waals surface area contributed by atoms with Crippen LogP contribution >= 0.6 is 0 Å². The lowest BCUT2D eigenvalue weighted by atomic mass is 9.87. The minimum Gasteiger partial charge on any atom is -0.451 e. The molecule has 5 nitrogen and oxygen atoms in total. The number of piperidine rings is 1. The number of carbonyl (C=O) groups excluding carboxylic acids is 2. The van der Waals surface area contributed by atoms with Gasteiger partial charge in [-0.1, -0.05) is 18.2 Å². The molecule has 180 valence electrons. The molecule has 35 heavy (non-hydrogen) atoms. The fraction of sp³-hybridized carbons (Fsp3) is 0.483. The fourth-order valence-corrected chi connectivity index (χ4v) is 6.79. The first-order valence-corrected chi connectivity index (χ1v) is 12.8. The number of nitriles is 1. The van der Waals surface area contributed by atoms with Crippen molar-refractivity contribution in [3.05, 3.63) is 58.9 Å². The second-order valence-corrected chi connectivity index (χ2v) is 10.8. The number of hydrogen-bond acceptors (Lipinski definition) is 5. The quantitative estimate of drug-likeness (QED) is 0.584. The Bertz CT molecular complexity index is 1240. The smallest absolute Gasteiger partial charge is 0.339 e. The van der Waals surface area contributed by atoms with E-state index in [0.29, 0.717) is 23.1 Å². The van der Waals surface area contributed by atoms with Gasteiger partial charge in [-0.3, -0.25) is 4.79 Å². The number of benzene rings is 2. The number of Topliss-reactive ketones (excluding diaryl/α,β-unsaturated/α-hetero) is 1. The highest BCUT2D eigenvalue weighted by atomic mass is 19.1. The van der Waals surface area contributed by atoms with Crippen LogP contribution in [0.25, 0.3) is 11.1 Å². The van der Waals surface area contributed by atoms with Crippen LogP contribution in [0.3, 0.4) is 0 Å². The van der Waals surface area contributed by atoms with Crippen LogP contribution in [0.1, 0.15) is 72.9 Å². The number of ether oxygens (including phenoxy) is 1. The van der Waals surface area contributed by atoms with Gasteiger partial charge in [0.25, 0.3) is 0 Å². The Balaban J connectivity index is 1.19. The van der Waals surface area contributed by atoms with Gasteiger partial charge in [0.1, 0.15) is 11.4 Å². The maximum Gasteiger partial charge on any atom is 0.339 e. The van der Waals surface area contributed by atoms with Gasteiger partial charge in [-0.05, 0) is 92.2 Å². The Morgan fingerprint density at radius 2 is 1.94 bits per heavy atom. The second kappa shape index (κ2) is 8.57. The average Bonchev–Trinajstić information content (AvgIpc) is 3.66. The number of esters is 1. The largest absolute Gasteiger partial charge is 0.451 e. The van der Waals surface area contributed by atoms with Crippen LogP contribution in [0, 0.1) is 29.0 Å². The van der Waals surface area contributed by atoms with E-state index in [-0.39, 0.29) is 36.5 Å². The zero-order valence-corrected chi connectivity index (χ0v) is 19.7. The number of halogens is 1. The van der Waals surface area contributed by atoms with Crippen molar-refractivity contribution in [3.8, 4) is 17.2 Å². The fourth-order valence-electron chi connectivity index (χ4n) is 6.79. The molecule has 1 saturated heterocycles. The van der Waals surface area contributed by atoms with Crippen molar-refractivity contribution in [1.82, 2.24) is 5.32 Å². The normalized spacial score (nSPS) is 26.5. The summed E-state index contributed by atoms with van der Waals surface area (Å²) in [5.74, 6) is -0.728. The molecule has 2 bridgehead atoms. The van der Waals surface area contributed by atoms with E-state index in [0.717, 1.165) is 61.6 Å². The molecule has 2 aromatic rings. The van der Waals surface area contributed by atoms with Crippen LogP contribution in [0.15, 0.2) is 36.4 Å². The monoisotopic (exact) mass is 472 g/mol. The first-order chi connectivity index (χ1) is 17.0. The van der Waals surface area contributed by atoms with Crippen LogP contribution in [0.4, 0.5) is 4.39 Å². The lowest BCUT2D eigenvalue weighted by Gasteiger charge is -2.23. The first kappa shape index (κ1) is 22.4. The number of rotatable bonds is 6. The lowest BCUT2D eigenvalue weighted by molar-refractivity contribution is -0.122. The Kier molecular flexibility index (Phi) is 5.49. The van der Waals surface area contributed by atoms with E-state index in [1.54, 1.807) is 12.1 Å². The number of carbonyl (C=O) groups is 2. The van der Waals surface area contributed by atoms with E-state index >= 15 is 4.39 Å². The highest BCUT2D eigenvalue weighted by molar-refractivity contribution is 5.95. The molecule has 2 aromatic carbocycles. The number of fused-ring (bicyclic) bond motifs is 4. The summed E-state index contributed by atoms with van der Waals surface area (Å²) in [5, 5.41) is 13.1. The standard InChI is InChI=1S/C29H29FN2O3/c30-25-15-19(18-6-8-23-24(14-18)29(35-28(23)34)9-1-2-10-29)3-4-20(25)11-17(16-31)12-26(33)27-21-5-7-22(13-21)32-27/h3-4,6,8,14-15,17,21-22,27,32H,1-2,5,7,9-13H2/t17-,21+,22-,27+/m1/s1. The van der Waals surface area contributed by atoms with Crippen molar-refractivity contribution in [2.75, 3.05) is 0 Å². The summed E-state index contributed by atoms with van der Waals surface area (Å²) in [6.45, 7) is 0. The molecular weight excluding hydrogens is 443 g/mol. The molecule has 6 rings (SSSR count). The van der Waals surface area contributed by atoms with E-state index < -0.39 is 11.5 Å². The molecule has 3 fully saturated rings. The second-order valence-electron chi connectivity index (χ2n) is 10.8. The Morgan fingerprint density at radius 3 is 2.63 bits per heavy atom. The summed E-state index contributed by atoms with van der Waals surface area (Å²) in [6, 6.07) is 13.2. The zero-order valence-electron chi connectivity index (χ0n) is 19.7. The summed E-state index contributed by atoms with van der Waals surface area (Å²) in [6.07, 6.45) is 7.33. The number of hydrogen-bond donors (Lipinski definition) is 1. The lowest BCUT2D eigenvalue weighted by Crippen LogP contribution is -2.42. The van der Waals surface area contributed by atoms with Crippen molar-refractivity contribution in [2.45, 2.75) is 75.5 Å². The van der Waals surface area contributed by atoms with Crippen LogP contribution in [0.2, 0.25) is 0 Å². The van der Waals surface area contributed by atoms with Gasteiger partial charge in [-0.25, -0.2) is 9.18 Å². The maximum atomic E-state index is 15.1. The molecule has 0 aromatic heterocycles. The topological polar surface area (TPSA) is 79.2 Å². The van der Waals surface area contributed by atoms with Gasteiger partial charge in [0.05, 0.1) is 23.6 Å². The van der Waals surface area contributed by atoms with Gasteiger partial charge in [0.15, 0.2) is 5.78 Å². The van der Waals surface area contributed by atoms with Crippen LogP contribution in [-0.4, -0.2) is 23.8 Å². The first-order valence-electron chi connectivity index (χ1n) is 12.8. The molecule has 1 N–H and O–H groups in total. The summed E-state index contributed by atoms with van der Waals surface area (Å²) in [7, 11) is 0. The average molecular weight is 473 g/mol. The third-order valence-electron chi connectivity index (χ3n) is 8.62. The Hall–Kier alpha value is -3.04. The van der Waals surface area contributed by atoms with Crippen molar-refractivity contribution < 1.29 is 18.7 Å². The summed E-state index contributed by atoms with van der Waals surface area (Å²) in [5.41, 5.74) is 3.01. The van der Waals surface area contributed by atoms with Crippen molar-refractivity contribution in [1.29, 1.82) is 5.26 Å². The van der Waals surface area contributed by atoms with Gasteiger partial charge in [0.2, 0.25) is 0 Å². The van der Waals surface area contributed by atoms with Gasteiger partial charge >= 0.3 is 5.97 Å². The SMILES string of the molecule is N#C[C@@H](CC(=O)[C@H]1N[C@@H]2CC[C@H]1C2)Cc1ccc(-c2ccc3c(c2)C2(CCCC2)OC3=O)cc1F. The molecular formula is C29H29FN2O3. The van der Waals surface area contributed by atoms with E-state index in [1.807, 2.05) is 18.2 Å². The molecule has 2 heterocycles. The molecule has 0 unspecified atom stereocenters. The molecule has 2 aliphatic carbocycles. The number of nitrogens with one attached hydrogen (secondary N) is 1. The van der Waals surface area contributed by atoms with Gasteiger partial charge in [-0.2, -0.15) is 5.26 Å². The molecule has 0 radical (unpaired) electrons. The summed E-state index contributed by atoms with van der Waals surface area (Å²) >= 11 is 0. The van der Waals surface area contributed by atoms with Gasteiger partial charge < -0.3 is 10.1 Å². The molecule has 0 amide bonds. The predicted molar refractivity (Wildman–Crippen MR) is 128 cm³/mol. The maximum absolute atomic E-state index is 15.1. The minimum atomic E-state index is -0.547. The minimum absolute atomic E-state index is 0.0801. The number of nitrogens with zero attached hydrogens (tertiary/aromatic N) is 1. The molecule has 2 saturated carbocycles. The Labute approximate surface area is 204 Å². The van der Waals surface area contributed by atoms with E-state index in [1.165, 1.54) is 6.07 Å². The molecule has 4 atom stereocenters. The zero-order chi connectivity index (χ0) is 24.2. The third kappa shape index (κ3) is 3.87. The van der Waals surface area contributed by atoms with E-state index in [2.05, 4.69) is 11.4 Å². The molecule has 2 aliphatic heterocycles. The van der Waals surface area contributed by atoms with E-state index in [9.17, 15) is 14.9 Å². The van der Waals surface area contributed by atoms with Gasteiger partial charge in [0, 0.05) is 18.0 Å². The molecule has 6 heteroatoms. The third-order valence-corrected chi connectivity index (χ3v) is 8.62. The molecule has 4 aliphatic rings.